The minimum absolute atomic E-state index is 0. The first-order chi connectivity index (χ1) is 15.5. The molecule has 5 unspecified atom stereocenters. The van der Waals surface area contributed by atoms with Gasteiger partial charge in [-0.05, 0) is 43.9 Å². The Balaban J connectivity index is -0.000000432. The van der Waals surface area contributed by atoms with Crippen LogP contribution in [0.1, 0.15) is 82.1 Å². The van der Waals surface area contributed by atoms with Crippen molar-refractivity contribution in [3.05, 3.63) is 0 Å². The van der Waals surface area contributed by atoms with Gasteiger partial charge in [0.05, 0.1) is 32.0 Å². The summed E-state index contributed by atoms with van der Waals surface area (Å²) in [5.41, 5.74) is 0. The molecule has 0 bridgehead atoms. The van der Waals surface area contributed by atoms with E-state index in [1.54, 1.807) is 7.11 Å². The Morgan fingerprint density at radius 1 is 0.794 bits per heavy atom. The minimum Gasteiger partial charge on any atom is -0.394 e. The lowest BCUT2D eigenvalue weighted by atomic mass is 9.80. The van der Waals surface area contributed by atoms with Crippen molar-refractivity contribution in [3.8, 4) is 0 Å². The second-order valence-corrected chi connectivity index (χ2v) is 9.95. The second kappa shape index (κ2) is 24.4. The van der Waals surface area contributed by atoms with Gasteiger partial charge >= 0.3 is 0 Å². The largest absolute Gasteiger partial charge is 0.394 e. The molecule has 210 valence electrons. The summed E-state index contributed by atoms with van der Waals surface area (Å²) in [5, 5.41) is 28.4. The van der Waals surface area contributed by atoms with Crippen LogP contribution in [0.2, 0.25) is 0 Å². The van der Waals surface area contributed by atoms with E-state index in [0.29, 0.717) is 6.61 Å². The first-order valence-corrected chi connectivity index (χ1v) is 12.8. The van der Waals surface area contributed by atoms with E-state index in [0.717, 1.165) is 51.1 Å². The number of aliphatic hydroxyl groups is 3. The summed E-state index contributed by atoms with van der Waals surface area (Å²) in [6.45, 7) is 20.7. The number of ether oxygens (including phenoxy) is 4. The quantitative estimate of drug-likeness (QED) is 0.322. The monoisotopic (exact) mass is 496 g/mol. The molecule has 1 aliphatic heterocycles. The van der Waals surface area contributed by atoms with Crippen molar-refractivity contribution < 1.29 is 34.3 Å². The van der Waals surface area contributed by atoms with E-state index in [4.69, 9.17) is 24.1 Å². The fraction of sp³-hybridized carbons (Fsp3) is 1.00. The molecule has 5 atom stereocenters. The van der Waals surface area contributed by atoms with Gasteiger partial charge in [-0.2, -0.15) is 0 Å². The lowest BCUT2D eigenvalue weighted by molar-refractivity contribution is -0.212. The highest BCUT2D eigenvalue weighted by Gasteiger charge is 2.43. The summed E-state index contributed by atoms with van der Waals surface area (Å²) < 4.78 is 20.8. The predicted molar refractivity (Wildman–Crippen MR) is 141 cm³/mol. The van der Waals surface area contributed by atoms with E-state index in [-0.39, 0.29) is 32.0 Å². The molecule has 0 amide bonds. The first-order valence-electron chi connectivity index (χ1n) is 12.8. The molecular weight excluding hydrogens is 436 g/mol. The maximum absolute atomic E-state index is 9.84. The molecule has 7 heteroatoms. The highest BCUT2D eigenvalue weighted by Crippen LogP contribution is 2.31. The van der Waals surface area contributed by atoms with Gasteiger partial charge in [0.25, 0.3) is 0 Å². The normalized spacial score (nSPS) is 24.3. The molecule has 0 aliphatic carbocycles. The number of aliphatic hydroxyl groups excluding tert-OH is 3. The standard InChI is InChI=1S/C10H20O4.C8H18O2.C8H18O.CH4/c1-5(2)8-6(3)14-7(4-11)9(12)10(8)13;1-8(2)4-5-10-7-6-9-3;1-4-6-9-7-5-8(2)3;/h5-13H,4H2,1-3H3;8H,4-7H2,1-3H3;8H,4-7H2,1-3H3;1H4. The van der Waals surface area contributed by atoms with Crippen LogP contribution in [0.5, 0.6) is 0 Å². The zero-order valence-corrected chi connectivity index (χ0v) is 23.0. The number of hydrogen-bond acceptors (Lipinski definition) is 7. The van der Waals surface area contributed by atoms with Gasteiger partial charge in [0.15, 0.2) is 0 Å². The van der Waals surface area contributed by atoms with Crippen LogP contribution in [0.15, 0.2) is 0 Å². The molecule has 0 radical (unpaired) electrons. The molecule has 0 aromatic carbocycles. The molecule has 1 aliphatic rings. The van der Waals surface area contributed by atoms with Gasteiger partial charge < -0.3 is 34.3 Å². The lowest BCUT2D eigenvalue weighted by Crippen LogP contribution is -2.56. The summed E-state index contributed by atoms with van der Waals surface area (Å²) in [7, 11) is 1.69. The predicted octanol–water partition coefficient (Wildman–Crippen LogP) is 4.55. The average Bonchev–Trinajstić information content (AvgIpc) is 2.74. The van der Waals surface area contributed by atoms with Crippen molar-refractivity contribution in [1.82, 2.24) is 0 Å². The Bertz CT molecular complexity index is 404. The number of methoxy groups -OCH3 is 1. The topological polar surface area (TPSA) is 97.6 Å². The molecule has 1 heterocycles. The Morgan fingerprint density at radius 3 is 1.68 bits per heavy atom. The van der Waals surface area contributed by atoms with Crippen LogP contribution in [0.4, 0.5) is 0 Å². The second-order valence-electron chi connectivity index (χ2n) is 9.95. The van der Waals surface area contributed by atoms with Gasteiger partial charge in [-0.15, -0.1) is 0 Å². The van der Waals surface area contributed by atoms with E-state index < -0.39 is 18.3 Å². The third-order valence-electron chi connectivity index (χ3n) is 5.47. The molecule has 3 N–H and O–H groups in total. The first kappa shape index (κ1) is 38.3. The summed E-state index contributed by atoms with van der Waals surface area (Å²) in [4.78, 5) is 0. The van der Waals surface area contributed by atoms with Crippen LogP contribution in [0.3, 0.4) is 0 Å². The molecule has 1 fully saturated rings. The third-order valence-corrected chi connectivity index (χ3v) is 5.47. The molecule has 0 saturated carbocycles. The van der Waals surface area contributed by atoms with Crippen LogP contribution < -0.4 is 0 Å². The van der Waals surface area contributed by atoms with Crippen LogP contribution in [0, 0.1) is 23.7 Å². The molecule has 34 heavy (non-hydrogen) atoms. The van der Waals surface area contributed by atoms with Crippen LogP contribution in [-0.2, 0) is 18.9 Å². The highest BCUT2D eigenvalue weighted by atomic mass is 16.5. The zero-order valence-electron chi connectivity index (χ0n) is 23.0. The Hall–Kier alpha value is -0.280. The van der Waals surface area contributed by atoms with Gasteiger partial charge in [-0.1, -0.05) is 55.9 Å². The zero-order chi connectivity index (χ0) is 25.8. The maximum Gasteiger partial charge on any atom is 0.109 e. The number of hydrogen-bond donors (Lipinski definition) is 3. The van der Waals surface area contributed by atoms with Gasteiger partial charge in [-0.25, -0.2) is 0 Å². The highest BCUT2D eigenvalue weighted by molar-refractivity contribution is 4.91. The molecule has 0 aromatic rings. The Morgan fingerprint density at radius 2 is 1.29 bits per heavy atom. The van der Waals surface area contributed by atoms with Crippen molar-refractivity contribution >= 4 is 0 Å². The average molecular weight is 497 g/mol. The van der Waals surface area contributed by atoms with E-state index in [1.165, 1.54) is 6.42 Å². The lowest BCUT2D eigenvalue weighted by Gasteiger charge is -2.43. The molecule has 0 spiro atoms. The summed E-state index contributed by atoms with van der Waals surface area (Å²) in [6, 6.07) is 0. The van der Waals surface area contributed by atoms with E-state index >= 15 is 0 Å². The number of rotatable bonds is 13. The minimum atomic E-state index is -0.983. The van der Waals surface area contributed by atoms with Gasteiger partial charge in [0.1, 0.15) is 12.2 Å². The van der Waals surface area contributed by atoms with Crippen molar-refractivity contribution in [3.63, 3.8) is 0 Å². The van der Waals surface area contributed by atoms with Crippen molar-refractivity contribution in [2.45, 2.75) is 106 Å². The molecule has 7 nitrogen and oxygen atoms in total. The van der Waals surface area contributed by atoms with Crippen molar-refractivity contribution in [1.29, 1.82) is 0 Å². The third kappa shape index (κ3) is 20.0. The molecule has 1 rings (SSSR count). The molecule has 1 saturated heterocycles. The van der Waals surface area contributed by atoms with Crippen LogP contribution >= 0.6 is 0 Å². The molecular formula is C27H60O7. The maximum atomic E-state index is 9.84. The van der Waals surface area contributed by atoms with Gasteiger partial charge in [-0.3, -0.25) is 0 Å². The van der Waals surface area contributed by atoms with E-state index in [9.17, 15) is 10.2 Å². The summed E-state index contributed by atoms with van der Waals surface area (Å²) in [5.74, 6) is 1.69. The van der Waals surface area contributed by atoms with Crippen LogP contribution in [0.25, 0.3) is 0 Å². The van der Waals surface area contributed by atoms with Crippen molar-refractivity contribution in [2.24, 2.45) is 23.7 Å². The van der Waals surface area contributed by atoms with E-state index in [1.807, 2.05) is 20.8 Å². The fourth-order valence-corrected chi connectivity index (χ4v) is 3.39. The summed E-state index contributed by atoms with van der Waals surface area (Å²) in [6.07, 6.45) is 0.891. The Labute approximate surface area is 211 Å². The van der Waals surface area contributed by atoms with Crippen molar-refractivity contribution in [2.75, 3.05) is 46.8 Å². The molecule has 0 aromatic heterocycles. The summed E-state index contributed by atoms with van der Waals surface area (Å²) >= 11 is 0. The Kier molecular flexibility index (Phi) is 27.5. The fourth-order valence-electron chi connectivity index (χ4n) is 3.39. The van der Waals surface area contributed by atoms with Gasteiger partial charge in [0.2, 0.25) is 0 Å². The van der Waals surface area contributed by atoms with E-state index in [2.05, 4.69) is 34.6 Å². The SMILES string of the molecule is C.CC(C)C1C(C)OC(CO)C(O)C1O.CCCOCCC(C)C.COCCOCCC(C)C. The van der Waals surface area contributed by atoms with Gasteiger partial charge in [0, 0.05) is 32.8 Å². The smallest absolute Gasteiger partial charge is 0.109 e. The van der Waals surface area contributed by atoms with Crippen LogP contribution in [-0.4, -0.2) is 86.5 Å².